The highest BCUT2D eigenvalue weighted by Crippen LogP contribution is 2.27. The second kappa shape index (κ2) is 7.53. The van der Waals surface area contributed by atoms with Crippen LogP contribution in [-0.4, -0.2) is 52.0 Å². The topological polar surface area (TPSA) is 81.5 Å². The summed E-state index contributed by atoms with van der Waals surface area (Å²) in [6, 6.07) is 0.784. The lowest BCUT2D eigenvalue weighted by Crippen LogP contribution is -2.42. The van der Waals surface area contributed by atoms with Gasteiger partial charge in [0.15, 0.2) is 5.78 Å². The molecule has 1 fully saturated rings. The van der Waals surface area contributed by atoms with E-state index in [1.165, 1.54) is 17.2 Å². The zero-order chi connectivity index (χ0) is 18.8. The third-order valence-corrected chi connectivity index (χ3v) is 4.82. The van der Waals surface area contributed by atoms with Gasteiger partial charge in [-0.15, -0.1) is 0 Å². The van der Waals surface area contributed by atoms with E-state index >= 15 is 0 Å². The number of carbonyl (C=O) groups excluding carboxylic acids is 3. The minimum absolute atomic E-state index is 0.0887. The predicted molar refractivity (Wildman–Crippen MR) is 93.9 cm³/mol. The van der Waals surface area contributed by atoms with Crippen LogP contribution in [-0.2, 0) is 19.1 Å². The third-order valence-electron chi connectivity index (χ3n) is 4.36. The average Bonchev–Trinajstić information content (AvgIpc) is 3.21. The molecule has 1 saturated heterocycles. The summed E-state index contributed by atoms with van der Waals surface area (Å²) in [4.78, 5) is 38.0. The molecule has 2 atom stereocenters. The van der Waals surface area contributed by atoms with Gasteiger partial charge in [-0.3, -0.25) is 9.59 Å². The zero-order valence-electron chi connectivity index (χ0n) is 14.0. The van der Waals surface area contributed by atoms with E-state index in [9.17, 15) is 18.8 Å². The number of amides is 1. The van der Waals surface area contributed by atoms with Crippen LogP contribution in [0.25, 0.3) is 10.9 Å². The Labute approximate surface area is 157 Å². The maximum absolute atomic E-state index is 14.2. The zero-order valence-corrected chi connectivity index (χ0v) is 15.6. The molecular formula is C17H17BrFN3O4. The largest absolute Gasteiger partial charge is 0.464 e. The van der Waals surface area contributed by atoms with Gasteiger partial charge in [0.1, 0.15) is 5.82 Å². The van der Waals surface area contributed by atoms with Crippen molar-refractivity contribution in [2.45, 2.75) is 31.8 Å². The number of halogens is 2. The third kappa shape index (κ3) is 3.35. The van der Waals surface area contributed by atoms with E-state index < -0.39 is 29.7 Å². The molecule has 2 heterocycles. The van der Waals surface area contributed by atoms with E-state index in [1.807, 2.05) is 0 Å². The lowest BCUT2D eigenvalue weighted by molar-refractivity contribution is -0.152. The Balaban J connectivity index is 2.04. The molecule has 2 unspecified atom stereocenters. The lowest BCUT2D eigenvalue weighted by Gasteiger charge is -2.23. The number of rotatable bonds is 6. The number of hydrogen-bond donors (Lipinski definition) is 0. The van der Waals surface area contributed by atoms with Crippen molar-refractivity contribution in [1.29, 1.82) is 0 Å². The SMILES string of the molecule is CCOC(=O)C(C(=O)C1CCCN1C=O)n1cc2c(F)cc(Br)cc2n1. The van der Waals surface area contributed by atoms with E-state index in [1.54, 1.807) is 13.0 Å². The van der Waals surface area contributed by atoms with Crippen molar-refractivity contribution in [3.63, 3.8) is 0 Å². The average molecular weight is 426 g/mol. The van der Waals surface area contributed by atoms with Crippen LogP contribution in [0, 0.1) is 5.82 Å². The van der Waals surface area contributed by atoms with Crippen molar-refractivity contribution in [3.8, 4) is 0 Å². The molecule has 0 saturated carbocycles. The van der Waals surface area contributed by atoms with Gasteiger partial charge in [0.2, 0.25) is 12.5 Å². The number of nitrogens with zero attached hydrogens (tertiary/aromatic N) is 3. The van der Waals surface area contributed by atoms with Crippen LogP contribution in [0.15, 0.2) is 22.8 Å². The van der Waals surface area contributed by atoms with Crippen LogP contribution in [0.2, 0.25) is 0 Å². The van der Waals surface area contributed by atoms with Crippen molar-refractivity contribution in [1.82, 2.24) is 14.7 Å². The Morgan fingerprint density at radius 2 is 2.27 bits per heavy atom. The van der Waals surface area contributed by atoms with Crippen LogP contribution in [0.3, 0.4) is 0 Å². The second-order valence-corrected chi connectivity index (χ2v) is 6.90. The molecule has 9 heteroatoms. The van der Waals surface area contributed by atoms with Crippen molar-refractivity contribution < 1.29 is 23.5 Å². The predicted octanol–water partition coefficient (Wildman–Crippen LogP) is 2.23. The molecule has 138 valence electrons. The molecule has 7 nitrogen and oxygen atoms in total. The summed E-state index contributed by atoms with van der Waals surface area (Å²) in [7, 11) is 0. The highest BCUT2D eigenvalue weighted by Gasteiger charge is 2.40. The molecule has 2 aromatic rings. The van der Waals surface area contributed by atoms with Gasteiger partial charge in [0.05, 0.1) is 23.6 Å². The monoisotopic (exact) mass is 425 g/mol. The molecule has 26 heavy (non-hydrogen) atoms. The Kier molecular flexibility index (Phi) is 5.36. The smallest absolute Gasteiger partial charge is 0.338 e. The van der Waals surface area contributed by atoms with Crippen molar-refractivity contribution in [3.05, 3.63) is 28.6 Å². The molecule has 1 amide bonds. The molecule has 1 aliphatic rings. The minimum atomic E-state index is -1.37. The summed E-state index contributed by atoms with van der Waals surface area (Å²) in [6.07, 6.45) is 3.06. The second-order valence-electron chi connectivity index (χ2n) is 5.99. The molecule has 1 aliphatic heterocycles. The van der Waals surface area contributed by atoms with Crippen LogP contribution in [0.1, 0.15) is 25.8 Å². The molecule has 0 aliphatic carbocycles. The van der Waals surface area contributed by atoms with Gasteiger partial charge in [-0.25, -0.2) is 13.9 Å². The first-order valence-corrected chi connectivity index (χ1v) is 9.01. The number of ether oxygens (including phenoxy) is 1. The molecule has 0 N–H and O–H groups in total. The fourth-order valence-corrected chi connectivity index (χ4v) is 3.60. The van der Waals surface area contributed by atoms with E-state index in [2.05, 4.69) is 21.0 Å². The normalized spacial score (nSPS) is 18.1. The molecule has 0 bridgehead atoms. The van der Waals surface area contributed by atoms with Gasteiger partial charge in [0.25, 0.3) is 0 Å². The summed E-state index contributed by atoms with van der Waals surface area (Å²) in [5.41, 5.74) is 0.303. The number of aromatic nitrogens is 2. The fraction of sp³-hybridized carbons (Fsp3) is 0.412. The summed E-state index contributed by atoms with van der Waals surface area (Å²) >= 11 is 3.19. The van der Waals surface area contributed by atoms with Gasteiger partial charge in [-0.1, -0.05) is 15.9 Å². The quantitative estimate of drug-likeness (QED) is 0.402. The first-order chi connectivity index (χ1) is 12.5. The maximum atomic E-state index is 14.2. The summed E-state index contributed by atoms with van der Waals surface area (Å²) in [5.74, 6) is -1.78. The van der Waals surface area contributed by atoms with Crippen molar-refractivity contribution in [2.75, 3.05) is 13.2 Å². The first kappa shape index (κ1) is 18.5. The minimum Gasteiger partial charge on any atom is -0.464 e. The fourth-order valence-electron chi connectivity index (χ4n) is 3.18. The van der Waals surface area contributed by atoms with Crippen LogP contribution >= 0.6 is 15.9 Å². The Bertz CT molecular complexity index is 869. The standard InChI is InChI=1S/C17H17BrFN3O4/c1-2-26-17(25)15(16(24)14-4-3-5-21(14)9-23)22-8-11-12(19)6-10(18)7-13(11)20-22/h6-9,14-15H,2-5H2,1H3. The number of hydrogen-bond acceptors (Lipinski definition) is 5. The summed E-state index contributed by atoms with van der Waals surface area (Å²) < 4.78 is 20.8. The first-order valence-electron chi connectivity index (χ1n) is 8.21. The van der Waals surface area contributed by atoms with Gasteiger partial charge < -0.3 is 9.64 Å². The maximum Gasteiger partial charge on any atom is 0.338 e. The lowest BCUT2D eigenvalue weighted by atomic mass is 10.0. The molecular weight excluding hydrogens is 409 g/mol. The van der Waals surface area contributed by atoms with Crippen LogP contribution < -0.4 is 0 Å². The molecule has 0 spiro atoms. The molecule has 3 rings (SSSR count). The Hall–Kier alpha value is -2.29. The number of carbonyl (C=O) groups is 3. The highest BCUT2D eigenvalue weighted by molar-refractivity contribution is 9.10. The molecule has 0 radical (unpaired) electrons. The van der Waals surface area contributed by atoms with Gasteiger partial charge in [-0.05, 0) is 31.9 Å². The van der Waals surface area contributed by atoms with Gasteiger partial charge in [0, 0.05) is 17.2 Å². The van der Waals surface area contributed by atoms with E-state index in [-0.39, 0.29) is 12.0 Å². The highest BCUT2D eigenvalue weighted by atomic mass is 79.9. The summed E-state index contributed by atoms with van der Waals surface area (Å²) in [5, 5.41) is 4.39. The number of benzene rings is 1. The summed E-state index contributed by atoms with van der Waals surface area (Å²) in [6.45, 7) is 2.17. The number of likely N-dealkylation sites (tertiary alicyclic amines) is 1. The van der Waals surface area contributed by atoms with Gasteiger partial charge in [-0.2, -0.15) is 5.10 Å². The van der Waals surface area contributed by atoms with E-state index in [0.29, 0.717) is 35.8 Å². The number of esters is 1. The number of ketones is 1. The number of Topliss-reactive ketones (excluding diaryl/α,β-unsaturated/α-hetero) is 1. The Morgan fingerprint density at radius 3 is 2.96 bits per heavy atom. The van der Waals surface area contributed by atoms with E-state index in [0.717, 1.165) is 4.68 Å². The van der Waals surface area contributed by atoms with Crippen LogP contribution in [0.5, 0.6) is 0 Å². The molecule has 1 aromatic heterocycles. The Morgan fingerprint density at radius 1 is 1.50 bits per heavy atom. The van der Waals surface area contributed by atoms with E-state index in [4.69, 9.17) is 4.74 Å². The van der Waals surface area contributed by atoms with Crippen molar-refractivity contribution in [2.24, 2.45) is 0 Å². The molecule has 1 aromatic carbocycles. The number of fused-ring (bicyclic) bond motifs is 1. The van der Waals surface area contributed by atoms with Gasteiger partial charge >= 0.3 is 5.97 Å². The van der Waals surface area contributed by atoms with Crippen LogP contribution in [0.4, 0.5) is 4.39 Å². The van der Waals surface area contributed by atoms with Crippen molar-refractivity contribution >= 4 is 45.0 Å².